The van der Waals surface area contributed by atoms with Crippen LogP contribution in [0.2, 0.25) is 0 Å². The molecule has 0 spiro atoms. The standard InChI is InChI=1S/C37H64N2O5/c1-6-8-10-12-13-14-15-16-20-24-32(44-37(43)34(38-28-40)26-29(3)4)27-35(41)33(25-21-11-9-7-2)36(42)39-30(5)31-22-18-17-19-23-31/h17-19,22-23,28-30,32-35,41H,6-16,20-21,24-27H2,1-5H3,(H,38,40)(H,39,42)/t30-,32-,33-,34?,35-/m0/s1. The molecule has 3 N–H and O–H groups in total. The van der Waals surface area contributed by atoms with Crippen molar-refractivity contribution < 1.29 is 24.2 Å². The molecule has 1 unspecified atom stereocenters. The number of ether oxygens (including phenoxy) is 1. The molecule has 0 fully saturated rings. The van der Waals surface area contributed by atoms with E-state index in [1.807, 2.05) is 51.1 Å². The SMILES string of the molecule is CCCCCCCCCCC[C@@H](C[C@H](O)[C@H](CCCCCC)C(=O)N[C@@H](C)c1ccccc1)OC(=O)C(CC(C)C)NC=O. The third-order valence-corrected chi connectivity index (χ3v) is 8.51. The second-order valence-corrected chi connectivity index (χ2v) is 13.0. The lowest BCUT2D eigenvalue weighted by Crippen LogP contribution is -2.43. The molecule has 0 aromatic heterocycles. The van der Waals surface area contributed by atoms with E-state index in [1.54, 1.807) is 0 Å². The highest BCUT2D eigenvalue weighted by Crippen LogP contribution is 2.24. The summed E-state index contributed by atoms with van der Waals surface area (Å²) >= 11 is 0. The second-order valence-electron chi connectivity index (χ2n) is 13.0. The molecule has 7 heteroatoms. The minimum absolute atomic E-state index is 0.168. The Kier molecular flexibility index (Phi) is 22.4. The van der Waals surface area contributed by atoms with Crippen molar-refractivity contribution in [2.45, 2.75) is 168 Å². The van der Waals surface area contributed by atoms with Crippen LogP contribution >= 0.6 is 0 Å². The molecular weight excluding hydrogens is 552 g/mol. The van der Waals surface area contributed by atoms with Crippen LogP contribution in [0.25, 0.3) is 0 Å². The lowest BCUT2D eigenvalue weighted by atomic mass is 9.89. The highest BCUT2D eigenvalue weighted by molar-refractivity contribution is 5.80. The number of amides is 2. The summed E-state index contributed by atoms with van der Waals surface area (Å²) in [5.41, 5.74) is 1.01. The average Bonchev–Trinajstić information content (AvgIpc) is 2.99. The van der Waals surface area contributed by atoms with Crippen LogP contribution in [0.1, 0.15) is 155 Å². The van der Waals surface area contributed by atoms with Gasteiger partial charge in [0.15, 0.2) is 0 Å². The van der Waals surface area contributed by atoms with E-state index >= 15 is 0 Å². The Hall–Kier alpha value is -2.41. The number of aliphatic hydroxyl groups is 1. The molecule has 252 valence electrons. The van der Waals surface area contributed by atoms with Gasteiger partial charge in [-0.05, 0) is 44.1 Å². The van der Waals surface area contributed by atoms with Gasteiger partial charge in [-0.15, -0.1) is 0 Å². The molecule has 0 bridgehead atoms. The van der Waals surface area contributed by atoms with Crippen molar-refractivity contribution in [3.05, 3.63) is 35.9 Å². The van der Waals surface area contributed by atoms with Crippen LogP contribution < -0.4 is 10.6 Å². The highest BCUT2D eigenvalue weighted by atomic mass is 16.5. The van der Waals surface area contributed by atoms with Crippen molar-refractivity contribution in [1.82, 2.24) is 10.6 Å². The van der Waals surface area contributed by atoms with Gasteiger partial charge >= 0.3 is 5.97 Å². The fourth-order valence-electron chi connectivity index (χ4n) is 5.81. The zero-order valence-corrected chi connectivity index (χ0v) is 28.5. The van der Waals surface area contributed by atoms with Gasteiger partial charge < -0.3 is 20.5 Å². The Balaban J connectivity index is 2.95. The van der Waals surface area contributed by atoms with E-state index in [0.29, 0.717) is 25.7 Å². The number of hydrogen-bond acceptors (Lipinski definition) is 5. The zero-order valence-electron chi connectivity index (χ0n) is 28.5. The van der Waals surface area contributed by atoms with Crippen molar-refractivity contribution in [1.29, 1.82) is 0 Å². The molecular formula is C37H64N2O5. The van der Waals surface area contributed by atoms with Gasteiger partial charge in [-0.2, -0.15) is 0 Å². The molecule has 1 rings (SSSR count). The normalized spacial score (nSPS) is 14.8. The quantitative estimate of drug-likeness (QED) is 0.0525. The molecule has 1 aromatic rings. The Morgan fingerprint density at radius 1 is 0.795 bits per heavy atom. The maximum absolute atomic E-state index is 13.5. The van der Waals surface area contributed by atoms with Crippen LogP contribution in [0, 0.1) is 11.8 Å². The van der Waals surface area contributed by atoms with E-state index in [2.05, 4.69) is 24.5 Å². The largest absolute Gasteiger partial charge is 0.461 e. The number of hydrogen-bond donors (Lipinski definition) is 3. The van der Waals surface area contributed by atoms with Gasteiger partial charge in [-0.1, -0.05) is 135 Å². The number of carbonyl (C=O) groups excluding carboxylic acids is 3. The minimum Gasteiger partial charge on any atom is -0.461 e. The maximum Gasteiger partial charge on any atom is 0.328 e. The number of rotatable bonds is 27. The molecule has 44 heavy (non-hydrogen) atoms. The molecule has 1 aromatic carbocycles. The Bertz CT molecular complexity index is 878. The molecule has 5 atom stereocenters. The fraction of sp³-hybridized carbons (Fsp3) is 0.757. The van der Waals surface area contributed by atoms with Crippen LogP contribution in [-0.2, 0) is 19.1 Å². The fourth-order valence-corrected chi connectivity index (χ4v) is 5.81. The van der Waals surface area contributed by atoms with Gasteiger partial charge in [-0.25, -0.2) is 4.79 Å². The maximum atomic E-state index is 13.5. The van der Waals surface area contributed by atoms with Crippen molar-refractivity contribution >= 4 is 18.3 Å². The molecule has 0 aliphatic heterocycles. The number of benzene rings is 1. The molecule has 0 aliphatic rings. The van der Waals surface area contributed by atoms with Crippen molar-refractivity contribution in [3.63, 3.8) is 0 Å². The predicted molar refractivity (Wildman–Crippen MR) is 180 cm³/mol. The second kappa shape index (κ2) is 24.9. The number of carbonyl (C=O) groups is 3. The lowest BCUT2D eigenvalue weighted by Gasteiger charge is -2.28. The lowest BCUT2D eigenvalue weighted by molar-refractivity contribution is -0.155. The van der Waals surface area contributed by atoms with Crippen molar-refractivity contribution in [3.8, 4) is 0 Å². The topological polar surface area (TPSA) is 105 Å². The molecule has 0 saturated carbocycles. The summed E-state index contributed by atoms with van der Waals surface area (Å²) in [7, 11) is 0. The van der Waals surface area contributed by atoms with E-state index in [1.165, 1.54) is 38.5 Å². The van der Waals surface area contributed by atoms with E-state index in [0.717, 1.165) is 50.5 Å². The monoisotopic (exact) mass is 616 g/mol. The molecule has 7 nitrogen and oxygen atoms in total. The first-order chi connectivity index (χ1) is 21.2. The van der Waals surface area contributed by atoms with Crippen LogP contribution in [0.5, 0.6) is 0 Å². The predicted octanol–water partition coefficient (Wildman–Crippen LogP) is 8.19. The van der Waals surface area contributed by atoms with E-state index < -0.39 is 30.1 Å². The molecule has 0 radical (unpaired) electrons. The number of unbranched alkanes of at least 4 members (excludes halogenated alkanes) is 11. The summed E-state index contributed by atoms with van der Waals surface area (Å²) in [5, 5.41) is 17.2. The summed E-state index contributed by atoms with van der Waals surface area (Å²) in [6.45, 7) is 10.3. The first-order valence-corrected chi connectivity index (χ1v) is 17.7. The van der Waals surface area contributed by atoms with Gasteiger partial charge in [-0.3, -0.25) is 9.59 Å². The average molecular weight is 617 g/mol. The van der Waals surface area contributed by atoms with Crippen LogP contribution in [0.15, 0.2) is 30.3 Å². The number of esters is 1. The molecule has 0 saturated heterocycles. The van der Waals surface area contributed by atoms with Crippen molar-refractivity contribution in [2.75, 3.05) is 0 Å². The van der Waals surface area contributed by atoms with Gasteiger partial charge in [0.05, 0.1) is 18.1 Å². The third kappa shape index (κ3) is 17.8. The first kappa shape index (κ1) is 39.6. The summed E-state index contributed by atoms with van der Waals surface area (Å²) in [6, 6.07) is 8.91. The minimum atomic E-state index is -0.946. The van der Waals surface area contributed by atoms with E-state index in [4.69, 9.17) is 4.74 Å². The molecule has 2 amide bonds. The highest BCUT2D eigenvalue weighted by Gasteiger charge is 2.32. The molecule has 0 aliphatic carbocycles. The summed E-state index contributed by atoms with van der Waals surface area (Å²) in [5.74, 6) is -1.04. The number of aliphatic hydroxyl groups excluding tert-OH is 1. The van der Waals surface area contributed by atoms with Gasteiger partial charge in [0.2, 0.25) is 12.3 Å². The van der Waals surface area contributed by atoms with Crippen LogP contribution in [0.3, 0.4) is 0 Å². The third-order valence-electron chi connectivity index (χ3n) is 8.51. The van der Waals surface area contributed by atoms with Gasteiger partial charge in [0.25, 0.3) is 0 Å². The first-order valence-electron chi connectivity index (χ1n) is 17.7. The van der Waals surface area contributed by atoms with Gasteiger partial charge in [0, 0.05) is 6.42 Å². The smallest absolute Gasteiger partial charge is 0.328 e. The van der Waals surface area contributed by atoms with E-state index in [-0.39, 0.29) is 24.3 Å². The van der Waals surface area contributed by atoms with Gasteiger partial charge in [0.1, 0.15) is 12.1 Å². The van der Waals surface area contributed by atoms with Crippen LogP contribution in [-0.4, -0.2) is 41.6 Å². The number of nitrogens with one attached hydrogen (secondary N) is 2. The Labute approximate surface area is 268 Å². The summed E-state index contributed by atoms with van der Waals surface area (Å²) in [4.78, 5) is 37.9. The summed E-state index contributed by atoms with van der Waals surface area (Å²) < 4.78 is 5.98. The van der Waals surface area contributed by atoms with Crippen LogP contribution in [0.4, 0.5) is 0 Å². The Morgan fingerprint density at radius 3 is 1.91 bits per heavy atom. The van der Waals surface area contributed by atoms with Crippen molar-refractivity contribution in [2.24, 2.45) is 11.8 Å². The van der Waals surface area contributed by atoms with E-state index in [9.17, 15) is 19.5 Å². The zero-order chi connectivity index (χ0) is 32.6. The summed E-state index contributed by atoms with van der Waals surface area (Å²) in [6.07, 6.45) is 15.6. The molecule has 0 heterocycles. The Morgan fingerprint density at radius 2 is 1.34 bits per heavy atom.